The molecule has 1 fully saturated rings. The Balaban J connectivity index is 1.71. The van der Waals surface area contributed by atoms with Crippen molar-refractivity contribution in [3.8, 4) is 0 Å². The number of amides is 1. The zero-order valence-electron chi connectivity index (χ0n) is 14.5. The molecular weight excluding hydrogens is 355 g/mol. The van der Waals surface area contributed by atoms with E-state index < -0.39 is 15.8 Å². The van der Waals surface area contributed by atoms with Crippen LogP contribution in [0.5, 0.6) is 0 Å². The minimum absolute atomic E-state index is 0.214. The summed E-state index contributed by atoms with van der Waals surface area (Å²) in [7, 11) is -3.52. The molecule has 0 aliphatic carbocycles. The number of halogens is 1. The third kappa shape index (κ3) is 4.11. The highest BCUT2D eigenvalue weighted by Gasteiger charge is 2.28. The number of nitrogens with zero attached hydrogens (tertiary/aromatic N) is 1. The molecule has 138 valence electrons. The molecule has 0 spiro atoms. The third-order valence-electron chi connectivity index (χ3n) is 4.48. The molecule has 5 nitrogen and oxygen atoms in total. The summed E-state index contributed by atoms with van der Waals surface area (Å²) in [6.45, 7) is 3.12. The molecule has 0 radical (unpaired) electrons. The highest BCUT2D eigenvalue weighted by molar-refractivity contribution is 7.89. The largest absolute Gasteiger partial charge is 0.322 e. The molecule has 0 aromatic heterocycles. The Morgan fingerprint density at radius 1 is 1.12 bits per heavy atom. The number of anilines is 1. The highest BCUT2D eigenvalue weighted by Crippen LogP contribution is 2.24. The lowest BCUT2D eigenvalue weighted by molar-refractivity contribution is 0.102. The molecule has 0 bridgehead atoms. The van der Waals surface area contributed by atoms with E-state index in [0.717, 1.165) is 12.8 Å². The summed E-state index contributed by atoms with van der Waals surface area (Å²) >= 11 is 0. The van der Waals surface area contributed by atoms with Crippen molar-refractivity contribution < 1.29 is 17.6 Å². The van der Waals surface area contributed by atoms with Crippen molar-refractivity contribution in [3.63, 3.8) is 0 Å². The average Bonchev–Trinajstić information content (AvgIpc) is 2.62. The van der Waals surface area contributed by atoms with Crippen LogP contribution < -0.4 is 5.32 Å². The number of hydrogen-bond donors (Lipinski definition) is 1. The van der Waals surface area contributed by atoms with Gasteiger partial charge in [-0.15, -0.1) is 0 Å². The van der Waals surface area contributed by atoms with Crippen LogP contribution in [0.2, 0.25) is 0 Å². The van der Waals surface area contributed by atoms with Crippen molar-refractivity contribution >= 4 is 21.6 Å². The van der Waals surface area contributed by atoms with Crippen molar-refractivity contribution in [1.29, 1.82) is 0 Å². The van der Waals surface area contributed by atoms with Gasteiger partial charge in [0.05, 0.1) is 4.90 Å². The van der Waals surface area contributed by atoms with Crippen LogP contribution in [0.25, 0.3) is 0 Å². The van der Waals surface area contributed by atoms with E-state index in [9.17, 15) is 17.6 Å². The molecule has 2 aromatic rings. The molecule has 26 heavy (non-hydrogen) atoms. The van der Waals surface area contributed by atoms with E-state index in [4.69, 9.17) is 0 Å². The predicted octanol–water partition coefficient (Wildman–Crippen LogP) is 3.50. The highest BCUT2D eigenvalue weighted by atomic mass is 32.2. The molecule has 1 amide bonds. The lowest BCUT2D eigenvalue weighted by Gasteiger charge is -2.30. The van der Waals surface area contributed by atoms with Gasteiger partial charge in [-0.2, -0.15) is 4.31 Å². The summed E-state index contributed by atoms with van der Waals surface area (Å²) in [4.78, 5) is 12.3. The van der Waals surface area contributed by atoms with Crippen LogP contribution >= 0.6 is 0 Å². The van der Waals surface area contributed by atoms with Crippen LogP contribution in [0.1, 0.15) is 30.1 Å². The molecule has 1 N–H and O–H groups in total. The fourth-order valence-corrected chi connectivity index (χ4v) is 4.63. The van der Waals surface area contributed by atoms with Gasteiger partial charge < -0.3 is 5.32 Å². The Kier molecular flexibility index (Phi) is 5.38. The maximum atomic E-state index is 12.9. The molecule has 0 unspecified atom stereocenters. The SMILES string of the molecule is C[C@H]1CCCN(S(=O)(=O)c2ccc(NC(=O)c3ccc(F)cc3)cc2)C1. The molecule has 1 atom stereocenters. The quantitative estimate of drug-likeness (QED) is 0.888. The van der Waals surface area contributed by atoms with Crippen molar-refractivity contribution in [1.82, 2.24) is 4.31 Å². The maximum Gasteiger partial charge on any atom is 0.255 e. The van der Waals surface area contributed by atoms with Gasteiger partial charge in [-0.3, -0.25) is 4.79 Å². The molecule has 1 saturated heterocycles. The summed E-state index contributed by atoms with van der Waals surface area (Å²) in [5, 5.41) is 2.67. The molecule has 0 saturated carbocycles. The lowest BCUT2D eigenvalue weighted by Crippen LogP contribution is -2.39. The van der Waals surface area contributed by atoms with Gasteiger partial charge >= 0.3 is 0 Å². The third-order valence-corrected chi connectivity index (χ3v) is 6.36. The van der Waals surface area contributed by atoms with Gasteiger partial charge in [0, 0.05) is 24.3 Å². The number of rotatable bonds is 4. The van der Waals surface area contributed by atoms with Gasteiger partial charge in [-0.05, 0) is 67.3 Å². The maximum absolute atomic E-state index is 12.9. The molecule has 2 aromatic carbocycles. The van der Waals surface area contributed by atoms with E-state index in [-0.39, 0.29) is 10.8 Å². The van der Waals surface area contributed by atoms with E-state index >= 15 is 0 Å². The minimum Gasteiger partial charge on any atom is -0.322 e. The predicted molar refractivity (Wildman–Crippen MR) is 98.0 cm³/mol. The Labute approximate surface area is 152 Å². The molecule has 1 aliphatic heterocycles. The van der Waals surface area contributed by atoms with Gasteiger partial charge in [0.1, 0.15) is 5.82 Å². The van der Waals surface area contributed by atoms with Gasteiger partial charge in [0.25, 0.3) is 5.91 Å². The van der Waals surface area contributed by atoms with E-state index in [1.165, 1.54) is 40.7 Å². The summed E-state index contributed by atoms with van der Waals surface area (Å²) < 4.78 is 39.9. The van der Waals surface area contributed by atoms with E-state index in [1.54, 1.807) is 12.1 Å². The normalized spacial score (nSPS) is 18.5. The van der Waals surface area contributed by atoms with Gasteiger partial charge in [-0.1, -0.05) is 6.92 Å². The zero-order valence-corrected chi connectivity index (χ0v) is 15.3. The number of benzene rings is 2. The first-order chi connectivity index (χ1) is 12.4. The molecule has 3 rings (SSSR count). The number of nitrogens with one attached hydrogen (secondary N) is 1. The number of piperidine rings is 1. The van der Waals surface area contributed by atoms with Crippen LogP contribution in [-0.2, 0) is 10.0 Å². The smallest absolute Gasteiger partial charge is 0.255 e. The van der Waals surface area contributed by atoms with Gasteiger partial charge in [-0.25, -0.2) is 12.8 Å². The van der Waals surface area contributed by atoms with Crippen LogP contribution in [0.4, 0.5) is 10.1 Å². The second-order valence-corrected chi connectivity index (χ2v) is 8.53. The van der Waals surface area contributed by atoms with Gasteiger partial charge in [0.15, 0.2) is 0 Å². The van der Waals surface area contributed by atoms with E-state index in [0.29, 0.717) is 30.3 Å². The number of carbonyl (C=O) groups is 1. The number of carbonyl (C=O) groups excluding carboxylic acids is 1. The summed E-state index contributed by atoms with van der Waals surface area (Å²) in [5.41, 5.74) is 0.802. The van der Waals surface area contributed by atoms with Crippen molar-refractivity contribution in [3.05, 3.63) is 59.9 Å². The van der Waals surface area contributed by atoms with E-state index in [2.05, 4.69) is 12.2 Å². The summed E-state index contributed by atoms with van der Waals surface area (Å²) in [6, 6.07) is 11.3. The standard InChI is InChI=1S/C19H21FN2O3S/c1-14-3-2-12-22(13-14)26(24,25)18-10-8-17(9-11-18)21-19(23)15-4-6-16(20)7-5-15/h4-11,14H,2-3,12-13H2,1H3,(H,21,23)/t14-/m0/s1. The van der Waals surface area contributed by atoms with Crippen LogP contribution in [-0.4, -0.2) is 31.7 Å². The van der Waals surface area contributed by atoms with Crippen molar-refractivity contribution in [2.24, 2.45) is 5.92 Å². The Hall–Kier alpha value is -2.25. The first-order valence-electron chi connectivity index (χ1n) is 8.53. The fraction of sp³-hybridized carbons (Fsp3) is 0.316. The summed E-state index contributed by atoms with van der Waals surface area (Å²) in [5.74, 6) is -0.443. The lowest BCUT2D eigenvalue weighted by atomic mass is 10.0. The Bertz CT molecular complexity index is 880. The molecule has 1 aliphatic rings. The molecular formula is C19H21FN2O3S. The zero-order chi connectivity index (χ0) is 18.7. The first kappa shape index (κ1) is 18.5. The first-order valence-corrected chi connectivity index (χ1v) is 9.97. The van der Waals surface area contributed by atoms with Crippen molar-refractivity contribution in [2.45, 2.75) is 24.7 Å². The molecule has 1 heterocycles. The van der Waals surface area contributed by atoms with E-state index in [1.807, 2.05) is 0 Å². The Morgan fingerprint density at radius 3 is 2.38 bits per heavy atom. The second-order valence-electron chi connectivity index (χ2n) is 6.60. The van der Waals surface area contributed by atoms with Gasteiger partial charge in [0.2, 0.25) is 10.0 Å². The van der Waals surface area contributed by atoms with Crippen LogP contribution in [0, 0.1) is 11.7 Å². The number of sulfonamides is 1. The topological polar surface area (TPSA) is 66.5 Å². The minimum atomic E-state index is -3.52. The Morgan fingerprint density at radius 2 is 1.77 bits per heavy atom. The van der Waals surface area contributed by atoms with Crippen LogP contribution in [0.3, 0.4) is 0 Å². The summed E-state index contributed by atoms with van der Waals surface area (Å²) in [6.07, 6.45) is 1.91. The second kappa shape index (κ2) is 7.55. The number of hydrogen-bond acceptors (Lipinski definition) is 3. The fourth-order valence-electron chi connectivity index (χ4n) is 3.03. The van der Waals surface area contributed by atoms with Crippen molar-refractivity contribution in [2.75, 3.05) is 18.4 Å². The molecule has 7 heteroatoms. The monoisotopic (exact) mass is 376 g/mol. The average molecular weight is 376 g/mol. The van der Waals surface area contributed by atoms with Crippen LogP contribution in [0.15, 0.2) is 53.4 Å².